The number of methoxy groups -OCH3 is 1. The van der Waals surface area contributed by atoms with Crippen molar-refractivity contribution in [1.82, 2.24) is 0 Å². The van der Waals surface area contributed by atoms with Gasteiger partial charge in [-0.25, -0.2) is 0 Å². The predicted molar refractivity (Wildman–Crippen MR) is 101 cm³/mol. The van der Waals surface area contributed by atoms with Gasteiger partial charge >= 0.3 is 5.97 Å². The average Bonchev–Trinajstić information content (AvgIpc) is 3.44. The summed E-state index contributed by atoms with van der Waals surface area (Å²) in [6, 6.07) is 4.79. The lowest BCUT2D eigenvalue weighted by Gasteiger charge is -2.40. The lowest BCUT2D eigenvalue weighted by atomic mass is 9.62. The van der Waals surface area contributed by atoms with Crippen LogP contribution < -0.4 is 4.74 Å². The quantitative estimate of drug-likeness (QED) is 0.541. The number of carbonyl (C=O) groups excluding carboxylic acids is 3. The number of rotatable bonds is 2. The molecule has 0 saturated carbocycles. The molecular weight excluding hydrogens is 392 g/mol. The number of ether oxygens (including phenoxy) is 3. The van der Waals surface area contributed by atoms with Gasteiger partial charge < -0.3 is 24.4 Å². The average molecular weight is 412 g/mol. The third kappa shape index (κ3) is 1.98. The highest BCUT2D eigenvalue weighted by Crippen LogP contribution is 2.68. The van der Waals surface area contributed by atoms with Crippen LogP contribution in [0.4, 0.5) is 0 Å². The predicted octanol–water partition coefficient (Wildman–Crippen LogP) is 0.810. The van der Waals surface area contributed by atoms with Gasteiger partial charge in [-0.2, -0.15) is 0 Å². The first-order valence-electron chi connectivity index (χ1n) is 9.64. The lowest BCUT2D eigenvalue weighted by Crippen LogP contribution is -2.54. The Bertz CT molecular complexity index is 1080. The summed E-state index contributed by atoms with van der Waals surface area (Å²) in [4.78, 5) is 38.4. The number of benzene rings is 1. The largest absolute Gasteiger partial charge is 0.496 e. The smallest absolute Gasteiger partial charge is 0.303 e. The summed E-state index contributed by atoms with van der Waals surface area (Å²) < 4.78 is 16.6. The monoisotopic (exact) mass is 412 g/mol. The summed E-state index contributed by atoms with van der Waals surface area (Å²) in [6.07, 6.45) is -0.589. The fourth-order valence-corrected chi connectivity index (χ4v) is 5.15. The highest BCUT2D eigenvalue weighted by molar-refractivity contribution is 6.20. The van der Waals surface area contributed by atoms with E-state index in [9.17, 15) is 24.6 Å². The Morgan fingerprint density at radius 3 is 2.63 bits per heavy atom. The van der Waals surface area contributed by atoms with Crippen molar-refractivity contribution in [2.45, 2.75) is 43.4 Å². The standard InChI is InChI=1S/C22H20O8/c1-9-16(24)17(25)15-12(18(9)29-10(2)23)7-8-21-20(27)14-11(5-4-6-13(14)28-3)19(26)22(15,21)30-21/h4-9,16,18,20,24,27H,1-3H3/t9-,16+,18-,20-,21-,22+/m1/s1. The fraction of sp³-hybridized carbons (Fsp3) is 0.409. The molecule has 0 unspecified atom stereocenters. The normalized spacial score (nSPS) is 38.3. The molecule has 1 aromatic carbocycles. The van der Waals surface area contributed by atoms with Gasteiger partial charge in [0.2, 0.25) is 5.78 Å². The van der Waals surface area contributed by atoms with Gasteiger partial charge in [-0.1, -0.05) is 25.1 Å². The van der Waals surface area contributed by atoms with E-state index in [1.165, 1.54) is 26.2 Å². The van der Waals surface area contributed by atoms with Crippen molar-refractivity contribution < 1.29 is 38.8 Å². The molecule has 0 spiro atoms. The molecule has 1 aliphatic heterocycles. The number of ketones is 2. The van der Waals surface area contributed by atoms with Gasteiger partial charge in [0, 0.05) is 35.1 Å². The number of aliphatic hydroxyl groups is 2. The van der Waals surface area contributed by atoms with Crippen molar-refractivity contribution >= 4 is 17.5 Å². The minimum absolute atomic E-state index is 0.0561. The molecule has 1 heterocycles. The van der Waals surface area contributed by atoms with Crippen LogP contribution in [-0.2, 0) is 19.1 Å². The van der Waals surface area contributed by atoms with Crippen LogP contribution in [0.1, 0.15) is 35.9 Å². The first kappa shape index (κ1) is 19.2. The number of hydrogen-bond acceptors (Lipinski definition) is 8. The second kappa shape index (κ2) is 5.87. The fourth-order valence-electron chi connectivity index (χ4n) is 5.15. The molecule has 156 valence electrons. The molecular formula is C22H20O8. The number of fused-ring (bicyclic) bond motifs is 1. The molecule has 5 rings (SSSR count). The molecule has 8 heteroatoms. The first-order valence-corrected chi connectivity index (χ1v) is 9.64. The Kier molecular flexibility index (Phi) is 3.75. The molecule has 1 aromatic rings. The maximum absolute atomic E-state index is 13.6. The molecule has 8 nitrogen and oxygen atoms in total. The number of Topliss-reactive ketones (excluding diaryl/α,β-unsaturated/α-hetero) is 2. The van der Waals surface area contributed by atoms with Crippen LogP contribution in [0.5, 0.6) is 5.75 Å². The van der Waals surface area contributed by atoms with Gasteiger partial charge in [-0.15, -0.1) is 0 Å². The topological polar surface area (TPSA) is 123 Å². The van der Waals surface area contributed by atoms with Crippen LogP contribution in [0.3, 0.4) is 0 Å². The Balaban J connectivity index is 1.75. The zero-order valence-corrected chi connectivity index (χ0v) is 16.5. The van der Waals surface area contributed by atoms with Crippen LogP contribution in [0.25, 0.3) is 0 Å². The Hall–Kier alpha value is -2.81. The lowest BCUT2D eigenvalue weighted by molar-refractivity contribution is -0.151. The summed E-state index contributed by atoms with van der Waals surface area (Å²) in [5, 5.41) is 21.8. The van der Waals surface area contributed by atoms with Gasteiger partial charge in [-0.3, -0.25) is 14.4 Å². The number of epoxide rings is 1. The van der Waals surface area contributed by atoms with Crippen molar-refractivity contribution in [3.8, 4) is 5.75 Å². The van der Waals surface area contributed by atoms with Crippen molar-refractivity contribution in [2.24, 2.45) is 5.92 Å². The molecule has 0 radical (unpaired) electrons. The van der Waals surface area contributed by atoms with Crippen LogP contribution in [0, 0.1) is 5.92 Å². The van der Waals surface area contributed by atoms with Crippen molar-refractivity contribution in [1.29, 1.82) is 0 Å². The summed E-state index contributed by atoms with van der Waals surface area (Å²) >= 11 is 0. The van der Waals surface area contributed by atoms with Crippen molar-refractivity contribution in [3.05, 3.63) is 52.6 Å². The molecule has 1 saturated heterocycles. The summed E-state index contributed by atoms with van der Waals surface area (Å²) in [7, 11) is 1.43. The van der Waals surface area contributed by atoms with Crippen molar-refractivity contribution in [2.75, 3.05) is 7.11 Å². The van der Waals surface area contributed by atoms with E-state index in [1.54, 1.807) is 25.1 Å². The molecule has 0 bridgehead atoms. The molecule has 0 aromatic heterocycles. The van der Waals surface area contributed by atoms with Crippen molar-refractivity contribution in [3.63, 3.8) is 0 Å². The van der Waals surface area contributed by atoms with E-state index in [1.807, 2.05) is 0 Å². The van der Waals surface area contributed by atoms with E-state index in [0.29, 0.717) is 16.9 Å². The second-order valence-electron chi connectivity index (χ2n) is 8.09. The minimum Gasteiger partial charge on any atom is -0.496 e. The highest BCUT2D eigenvalue weighted by atomic mass is 16.6. The van der Waals surface area contributed by atoms with E-state index in [4.69, 9.17) is 14.2 Å². The molecule has 6 atom stereocenters. The molecule has 4 aliphatic rings. The van der Waals surface area contributed by atoms with Gasteiger partial charge in [0.15, 0.2) is 17.0 Å². The highest BCUT2D eigenvalue weighted by Gasteiger charge is 2.83. The third-order valence-electron chi connectivity index (χ3n) is 6.60. The van der Waals surface area contributed by atoms with E-state index in [2.05, 4.69) is 0 Å². The number of carbonyl (C=O) groups is 3. The maximum Gasteiger partial charge on any atom is 0.303 e. The van der Waals surface area contributed by atoms with Gasteiger partial charge in [0.1, 0.15) is 24.1 Å². The van der Waals surface area contributed by atoms with E-state index >= 15 is 0 Å². The third-order valence-corrected chi connectivity index (χ3v) is 6.60. The molecule has 0 amide bonds. The Morgan fingerprint density at radius 1 is 1.23 bits per heavy atom. The zero-order valence-electron chi connectivity index (χ0n) is 16.5. The molecule has 2 N–H and O–H groups in total. The van der Waals surface area contributed by atoms with Crippen LogP contribution in [0.2, 0.25) is 0 Å². The van der Waals surface area contributed by atoms with Crippen LogP contribution >= 0.6 is 0 Å². The van der Waals surface area contributed by atoms with E-state index in [-0.39, 0.29) is 11.1 Å². The summed E-state index contributed by atoms with van der Waals surface area (Å²) in [6.45, 7) is 2.83. The minimum atomic E-state index is -1.77. The van der Waals surface area contributed by atoms with Crippen LogP contribution in [-0.4, -0.2) is 58.3 Å². The number of aliphatic hydroxyl groups excluding tert-OH is 2. The Morgan fingerprint density at radius 2 is 1.97 bits per heavy atom. The number of hydrogen-bond donors (Lipinski definition) is 2. The molecule has 30 heavy (non-hydrogen) atoms. The van der Waals surface area contributed by atoms with E-state index < -0.39 is 53.0 Å². The summed E-state index contributed by atoms with van der Waals surface area (Å²) in [5.74, 6) is -2.12. The SMILES string of the molecule is COc1cccc2c1[C@@H](O)[C@]13C=CC4=C(C(=O)[C@@H](O)[C@@H](C)[C@H]4OC(C)=O)[C@]1(O3)C2=O. The first-order chi connectivity index (χ1) is 14.2. The molecule has 1 fully saturated rings. The van der Waals surface area contributed by atoms with Gasteiger partial charge in [0.25, 0.3) is 0 Å². The summed E-state index contributed by atoms with van der Waals surface area (Å²) in [5.41, 5.74) is -2.52. The molecule has 3 aliphatic carbocycles. The van der Waals surface area contributed by atoms with Gasteiger partial charge in [-0.05, 0) is 12.1 Å². The number of esters is 1. The van der Waals surface area contributed by atoms with Gasteiger partial charge in [0.05, 0.1) is 7.11 Å². The van der Waals surface area contributed by atoms with E-state index in [0.717, 1.165) is 0 Å². The Labute approximate surface area is 171 Å². The zero-order chi connectivity index (χ0) is 21.6. The van der Waals surface area contributed by atoms with Crippen LogP contribution in [0.15, 0.2) is 41.5 Å². The second-order valence-corrected chi connectivity index (χ2v) is 8.09. The maximum atomic E-state index is 13.6.